The van der Waals surface area contributed by atoms with Crippen LogP contribution in [0.4, 0.5) is 0 Å². The molecule has 118 valence electrons. The maximum Gasteiger partial charge on any atom is 0.394 e. The number of hydrogen-bond donors (Lipinski definition) is 0. The first-order valence-electron chi connectivity index (χ1n) is 6.90. The van der Waals surface area contributed by atoms with Gasteiger partial charge in [0.25, 0.3) is 0 Å². The smallest absolute Gasteiger partial charge is 0.394 e. The van der Waals surface area contributed by atoms with E-state index in [0.29, 0.717) is 5.75 Å². The highest BCUT2D eigenvalue weighted by Gasteiger charge is 2.31. The summed E-state index contributed by atoms with van der Waals surface area (Å²) in [6.07, 6.45) is 0. The van der Waals surface area contributed by atoms with Crippen molar-refractivity contribution in [2.75, 3.05) is 28.2 Å². The molecule has 0 atom stereocenters. The molecule has 0 fully saturated rings. The van der Waals surface area contributed by atoms with Gasteiger partial charge in [-0.05, 0) is 52.5 Å². The van der Waals surface area contributed by atoms with E-state index in [2.05, 4.69) is 0 Å². The monoisotopic (exact) mass is 336 g/mol. The van der Waals surface area contributed by atoms with E-state index in [1.54, 1.807) is 49.3 Å². The van der Waals surface area contributed by atoms with Gasteiger partial charge in [0.15, 0.2) is 0 Å². The molecule has 0 aromatic heterocycles. The Morgan fingerprint density at radius 1 is 0.864 bits per heavy atom. The number of para-hydroxylation sites is 1. The molecule has 2 aromatic carbocycles. The minimum atomic E-state index is -3.06. The largest absolute Gasteiger partial charge is 0.421 e. The fourth-order valence-electron chi connectivity index (χ4n) is 1.87. The van der Waals surface area contributed by atoms with Gasteiger partial charge in [-0.25, -0.2) is 13.9 Å². The van der Waals surface area contributed by atoms with Gasteiger partial charge in [-0.1, -0.05) is 42.1 Å². The van der Waals surface area contributed by atoms with E-state index in [1.165, 1.54) is 0 Å². The summed E-state index contributed by atoms with van der Waals surface area (Å²) < 4.78 is 22.2. The van der Waals surface area contributed by atoms with Crippen molar-refractivity contribution in [3.63, 3.8) is 0 Å². The van der Waals surface area contributed by atoms with Crippen LogP contribution in [-0.2, 0) is 4.57 Å². The number of hydrogen-bond acceptors (Lipinski definition) is 3. The van der Waals surface area contributed by atoms with E-state index < -0.39 is 7.67 Å². The minimum absolute atomic E-state index is 0.627. The van der Waals surface area contributed by atoms with Crippen molar-refractivity contribution in [2.45, 2.75) is 9.79 Å². The molecule has 0 aliphatic heterocycles. The summed E-state index contributed by atoms with van der Waals surface area (Å²) >= 11 is 1.60. The van der Waals surface area contributed by atoms with Crippen molar-refractivity contribution >= 4 is 19.4 Å². The van der Waals surface area contributed by atoms with Crippen LogP contribution in [0.2, 0.25) is 0 Å². The fourth-order valence-corrected chi connectivity index (χ4v) is 4.30. The Kier molecular flexibility index (Phi) is 5.70. The van der Waals surface area contributed by atoms with Gasteiger partial charge in [-0.2, -0.15) is 0 Å². The zero-order valence-corrected chi connectivity index (χ0v) is 15.0. The lowest BCUT2D eigenvalue weighted by atomic mass is 10.3. The first-order valence-corrected chi connectivity index (χ1v) is 9.25. The summed E-state index contributed by atoms with van der Waals surface area (Å²) in [6.45, 7) is 0. The second-order valence-electron chi connectivity index (χ2n) is 5.14. The number of benzene rings is 2. The van der Waals surface area contributed by atoms with Crippen molar-refractivity contribution in [1.82, 2.24) is 9.34 Å². The van der Waals surface area contributed by atoms with E-state index in [1.807, 2.05) is 54.6 Å². The summed E-state index contributed by atoms with van der Waals surface area (Å²) in [6, 6.07) is 17.7. The normalized spacial score (nSPS) is 11.9. The van der Waals surface area contributed by atoms with Crippen LogP contribution in [0.15, 0.2) is 64.4 Å². The first kappa shape index (κ1) is 17.1. The van der Waals surface area contributed by atoms with Crippen LogP contribution in [0.1, 0.15) is 0 Å². The van der Waals surface area contributed by atoms with Gasteiger partial charge in [0.2, 0.25) is 0 Å². The zero-order chi connectivity index (χ0) is 16.2. The van der Waals surface area contributed by atoms with E-state index in [4.69, 9.17) is 4.52 Å². The van der Waals surface area contributed by atoms with E-state index in [0.717, 1.165) is 9.79 Å². The highest BCUT2D eigenvalue weighted by Crippen LogP contribution is 2.52. The van der Waals surface area contributed by atoms with Crippen molar-refractivity contribution in [2.24, 2.45) is 0 Å². The summed E-state index contributed by atoms with van der Waals surface area (Å²) in [4.78, 5) is 2.06. The molecule has 4 nitrogen and oxygen atoms in total. The van der Waals surface area contributed by atoms with Crippen LogP contribution in [0.3, 0.4) is 0 Å². The second kappa shape index (κ2) is 7.34. The molecule has 0 N–H and O–H groups in total. The third-order valence-corrected chi connectivity index (χ3v) is 6.57. The van der Waals surface area contributed by atoms with Crippen LogP contribution in [0.25, 0.3) is 0 Å². The van der Waals surface area contributed by atoms with Crippen molar-refractivity contribution in [3.05, 3.63) is 54.6 Å². The van der Waals surface area contributed by atoms with E-state index in [-0.39, 0.29) is 0 Å². The summed E-state index contributed by atoms with van der Waals surface area (Å²) in [7, 11) is 3.97. The molecule has 0 spiro atoms. The highest BCUT2D eigenvalue weighted by molar-refractivity contribution is 7.99. The molecule has 2 aromatic rings. The summed E-state index contributed by atoms with van der Waals surface area (Å²) in [5, 5.41) is 0. The van der Waals surface area contributed by atoms with Crippen molar-refractivity contribution in [1.29, 1.82) is 0 Å². The van der Waals surface area contributed by atoms with Crippen LogP contribution in [0.5, 0.6) is 5.75 Å². The quantitative estimate of drug-likeness (QED) is 0.728. The average Bonchev–Trinajstić information content (AvgIpc) is 2.49. The molecule has 0 aliphatic carbocycles. The molecule has 0 aliphatic rings. The Morgan fingerprint density at radius 3 is 2.00 bits per heavy atom. The summed E-state index contributed by atoms with van der Waals surface area (Å²) in [5.41, 5.74) is 0. The van der Waals surface area contributed by atoms with Gasteiger partial charge in [0, 0.05) is 4.90 Å². The topological polar surface area (TPSA) is 32.8 Å². The third kappa shape index (κ3) is 3.93. The lowest BCUT2D eigenvalue weighted by Crippen LogP contribution is -2.24. The molecule has 22 heavy (non-hydrogen) atoms. The van der Waals surface area contributed by atoms with Crippen molar-refractivity contribution in [3.8, 4) is 5.75 Å². The second-order valence-corrected chi connectivity index (χ2v) is 9.02. The lowest BCUT2D eigenvalue weighted by Gasteiger charge is -2.30. The van der Waals surface area contributed by atoms with Gasteiger partial charge in [0.05, 0.1) is 4.90 Å². The maximum absolute atomic E-state index is 13.0. The fraction of sp³-hybridized carbons (Fsp3) is 0.250. The maximum atomic E-state index is 13.0. The molecular formula is C16H21N2O2PS. The SMILES string of the molecule is CN(C)P(=O)(Oc1ccccc1Sc1ccccc1)N(C)C. The van der Waals surface area contributed by atoms with Gasteiger partial charge in [-0.15, -0.1) is 0 Å². The van der Waals surface area contributed by atoms with Gasteiger partial charge >= 0.3 is 7.67 Å². The Labute approximate surface area is 136 Å². The lowest BCUT2D eigenvalue weighted by molar-refractivity contribution is 0.351. The number of rotatable bonds is 6. The Bertz CT molecular complexity index is 650. The Hall–Kier alpha value is -1.26. The first-order chi connectivity index (χ1) is 10.4. The third-order valence-electron chi connectivity index (χ3n) is 3.05. The van der Waals surface area contributed by atoms with Crippen LogP contribution in [-0.4, -0.2) is 37.5 Å². The number of nitrogens with zero attached hydrogens (tertiary/aromatic N) is 2. The van der Waals surface area contributed by atoms with Crippen LogP contribution < -0.4 is 4.52 Å². The molecule has 0 bridgehead atoms. The Balaban J connectivity index is 2.31. The van der Waals surface area contributed by atoms with E-state index >= 15 is 0 Å². The minimum Gasteiger partial charge on any atom is -0.421 e. The molecule has 0 saturated heterocycles. The predicted octanol–water partition coefficient (Wildman–Crippen LogP) is 4.45. The molecule has 6 heteroatoms. The van der Waals surface area contributed by atoms with Gasteiger partial charge in [0.1, 0.15) is 5.75 Å². The summed E-state index contributed by atoms with van der Waals surface area (Å²) in [5.74, 6) is 0.627. The average molecular weight is 336 g/mol. The van der Waals surface area contributed by atoms with Gasteiger partial charge < -0.3 is 4.52 Å². The molecule has 0 unspecified atom stereocenters. The predicted molar refractivity (Wildman–Crippen MR) is 92.6 cm³/mol. The molecular weight excluding hydrogens is 315 g/mol. The highest BCUT2D eigenvalue weighted by atomic mass is 32.2. The van der Waals surface area contributed by atoms with Gasteiger partial charge in [-0.3, -0.25) is 0 Å². The molecule has 0 radical (unpaired) electrons. The van der Waals surface area contributed by atoms with Crippen molar-refractivity contribution < 1.29 is 9.09 Å². The van der Waals surface area contributed by atoms with Crippen LogP contribution >= 0.6 is 19.4 Å². The Morgan fingerprint density at radius 2 is 1.41 bits per heavy atom. The molecule has 2 rings (SSSR count). The molecule has 0 saturated carbocycles. The standard InChI is InChI=1S/C16H21N2O2PS/c1-17(2)21(19,18(3)4)20-15-12-8-9-13-16(15)22-14-10-6-5-7-11-14/h5-13H,1-4H3. The van der Waals surface area contributed by atoms with Crippen LogP contribution in [0, 0.1) is 0 Å². The molecule has 0 heterocycles. The zero-order valence-electron chi connectivity index (χ0n) is 13.3. The molecule has 0 amide bonds. The van der Waals surface area contributed by atoms with E-state index in [9.17, 15) is 4.57 Å².